The van der Waals surface area contributed by atoms with Crippen LogP contribution in [-0.2, 0) is 6.42 Å². The van der Waals surface area contributed by atoms with Crippen LogP contribution >= 0.6 is 11.6 Å². The Morgan fingerprint density at radius 1 is 0.731 bits per heavy atom. The average Bonchev–Trinajstić information content (AvgIpc) is 2.65. The van der Waals surface area contributed by atoms with Gasteiger partial charge in [0.1, 0.15) is 23.0 Å². The Labute approximate surface area is 156 Å². The van der Waals surface area contributed by atoms with Gasteiger partial charge in [-0.2, -0.15) is 0 Å². The summed E-state index contributed by atoms with van der Waals surface area (Å²) in [4.78, 5) is 10.7. The van der Waals surface area contributed by atoms with Gasteiger partial charge in [0.15, 0.2) is 0 Å². The second-order valence-electron chi connectivity index (χ2n) is 5.47. The molecule has 0 atom stereocenters. The van der Waals surface area contributed by atoms with E-state index < -0.39 is 5.43 Å². The summed E-state index contributed by atoms with van der Waals surface area (Å²) < 4.78 is 16.2. The first-order chi connectivity index (χ1) is 12.7. The number of benzene rings is 3. The molecule has 0 saturated carbocycles. The Hall–Kier alpha value is -2.98. The molecule has 3 rings (SSSR count). The third-order valence-electron chi connectivity index (χ3n) is 3.58. The third kappa shape index (κ3) is 5.53. The number of hydrogen-bond acceptors (Lipinski definition) is 4. The zero-order valence-corrected chi connectivity index (χ0v) is 14.7. The normalized spacial score (nSPS) is 10.2. The van der Waals surface area contributed by atoms with Gasteiger partial charge in [-0.05, 0) is 54.1 Å². The molecule has 0 radical (unpaired) electrons. The van der Waals surface area contributed by atoms with Gasteiger partial charge in [-0.3, -0.25) is 0 Å². The lowest BCUT2D eigenvalue weighted by Crippen LogP contribution is -2.01. The molecule has 0 fully saturated rings. The van der Waals surface area contributed by atoms with E-state index in [1.807, 2.05) is 42.5 Å². The zero-order valence-electron chi connectivity index (χ0n) is 13.9. The molecule has 0 aromatic heterocycles. The Morgan fingerprint density at radius 2 is 1.27 bits per heavy atom. The molecule has 0 saturated heterocycles. The molecule has 0 spiro atoms. The van der Waals surface area contributed by atoms with Crippen LogP contribution in [0.5, 0.6) is 23.0 Å². The highest BCUT2D eigenvalue weighted by Crippen LogP contribution is 2.26. The maximum atomic E-state index is 10.7. The van der Waals surface area contributed by atoms with Gasteiger partial charge in [-0.25, -0.2) is 4.79 Å². The SMILES string of the molecule is O=C(Cl)Oc1ccc(Oc2ccc(OCCc3ccccc3)cc2)cc1. The second-order valence-corrected chi connectivity index (χ2v) is 5.78. The summed E-state index contributed by atoms with van der Waals surface area (Å²) in [6.07, 6.45) is 0.859. The van der Waals surface area contributed by atoms with Gasteiger partial charge in [-0.15, -0.1) is 0 Å². The maximum Gasteiger partial charge on any atom is 0.409 e. The van der Waals surface area contributed by atoms with E-state index in [4.69, 9.17) is 25.8 Å². The van der Waals surface area contributed by atoms with Crippen LogP contribution in [0, 0.1) is 0 Å². The molecule has 0 N–H and O–H groups in total. The fourth-order valence-corrected chi connectivity index (χ4v) is 2.43. The number of ether oxygens (including phenoxy) is 3. The van der Waals surface area contributed by atoms with Crippen LogP contribution in [0.15, 0.2) is 78.9 Å². The van der Waals surface area contributed by atoms with Gasteiger partial charge >= 0.3 is 5.43 Å². The highest BCUT2D eigenvalue weighted by molar-refractivity contribution is 6.61. The van der Waals surface area contributed by atoms with Gasteiger partial charge in [0.05, 0.1) is 6.61 Å². The summed E-state index contributed by atoms with van der Waals surface area (Å²) in [6, 6.07) is 24.2. The Bertz CT molecular complexity index is 830. The van der Waals surface area contributed by atoms with E-state index in [2.05, 4.69) is 12.1 Å². The van der Waals surface area contributed by atoms with Crippen LogP contribution in [0.4, 0.5) is 4.79 Å². The first-order valence-corrected chi connectivity index (χ1v) is 8.49. The second kappa shape index (κ2) is 8.92. The molecule has 5 heteroatoms. The van der Waals surface area contributed by atoms with E-state index in [0.717, 1.165) is 12.2 Å². The van der Waals surface area contributed by atoms with Crippen molar-refractivity contribution in [3.05, 3.63) is 84.4 Å². The number of rotatable bonds is 7. The first kappa shape index (κ1) is 17.8. The van der Waals surface area contributed by atoms with Crippen molar-refractivity contribution in [3.63, 3.8) is 0 Å². The van der Waals surface area contributed by atoms with E-state index in [9.17, 15) is 4.79 Å². The fraction of sp³-hybridized carbons (Fsp3) is 0.0952. The third-order valence-corrected chi connectivity index (χ3v) is 3.66. The van der Waals surface area contributed by atoms with Crippen LogP contribution in [-0.4, -0.2) is 12.0 Å². The molecule has 4 nitrogen and oxygen atoms in total. The molecule has 3 aromatic carbocycles. The largest absolute Gasteiger partial charge is 0.493 e. The van der Waals surface area contributed by atoms with Crippen molar-refractivity contribution < 1.29 is 19.0 Å². The predicted octanol–water partition coefficient (Wildman–Crippen LogP) is 5.84. The minimum atomic E-state index is -0.874. The van der Waals surface area contributed by atoms with Gasteiger partial charge in [0.25, 0.3) is 0 Å². The van der Waals surface area contributed by atoms with Crippen molar-refractivity contribution in [1.82, 2.24) is 0 Å². The van der Waals surface area contributed by atoms with Gasteiger partial charge in [0, 0.05) is 18.0 Å². The topological polar surface area (TPSA) is 44.8 Å². The maximum absolute atomic E-state index is 10.7. The van der Waals surface area contributed by atoms with Gasteiger partial charge < -0.3 is 14.2 Å². The highest BCUT2D eigenvalue weighted by atomic mass is 35.5. The van der Waals surface area contributed by atoms with Gasteiger partial charge in [-0.1, -0.05) is 30.3 Å². The summed E-state index contributed by atoms with van der Waals surface area (Å²) in [6.45, 7) is 0.616. The quantitative estimate of drug-likeness (QED) is 0.491. The number of halogens is 1. The fourth-order valence-electron chi connectivity index (χ4n) is 2.34. The zero-order chi connectivity index (χ0) is 18.2. The monoisotopic (exact) mass is 368 g/mol. The van der Waals surface area contributed by atoms with Crippen molar-refractivity contribution in [1.29, 1.82) is 0 Å². The van der Waals surface area contributed by atoms with Crippen molar-refractivity contribution in [3.8, 4) is 23.0 Å². The Balaban J connectivity index is 1.50. The lowest BCUT2D eigenvalue weighted by atomic mass is 10.2. The number of hydrogen-bond donors (Lipinski definition) is 0. The number of carbonyl (C=O) groups excluding carboxylic acids is 1. The molecule has 0 aliphatic carbocycles. The molecule has 0 heterocycles. The minimum absolute atomic E-state index is 0.361. The average molecular weight is 369 g/mol. The lowest BCUT2D eigenvalue weighted by molar-refractivity contribution is 0.225. The summed E-state index contributed by atoms with van der Waals surface area (Å²) in [5, 5.41) is 0. The van der Waals surface area contributed by atoms with Crippen LogP contribution < -0.4 is 14.2 Å². The summed E-state index contributed by atoms with van der Waals surface area (Å²) in [5.74, 6) is 2.46. The molecular formula is C21H17ClO4. The summed E-state index contributed by atoms with van der Waals surface area (Å²) in [5.41, 5.74) is 0.372. The molecule has 0 aliphatic heterocycles. The smallest absolute Gasteiger partial charge is 0.409 e. The van der Waals surface area contributed by atoms with Crippen molar-refractivity contribution in [2.24, 2.45) is 0 Å². The van der Waals surface area contributed by atoms with Crippen molar-refractivity contribution in [2.75, 3.05) is 6.61 Å². The van der Waals surface area contributed by atoms with E-state index >= 15 is 0 Å². The molecule has 26 heavy (non-hydrogen) atoms. The molecule has 3 aromatic rings. The van der Waals surface area contributed by atoms with Gasteiger partial charge in [0.2, 0.25) is 0 Å². The Kier molecular flexibility index (Phi) is 6.12. The van der Waals surface area contributed by atoms with Crippen LogP contribution in [0.3, 0.4) is 0 Å². The molecule has 0 aliphatic rings. The minimum Gasteiger partial charge on any atom is -0.493 e. The van der Waals surface area contributed by atoms with Crippen molar-refractivity contribution in [2.45, 2.75) is 6.42 Å². The molecular weight excluding hydrogens is 352 g/mol. The highest BCUT2D eigenvalue weighted by Gasteiger charge is 2.02. The van der Waals surface area contributed by atoms with Crippen molar-refractivity contribution >= 4 is 17.0 Å². The van der Waals surface area contributed by atoms with Crippen LogP contribution in [0.1, 0.15) is 5.56 Å². The van der Waals surface area contributed by atoms with E-state index in [1.165, 1.54) is 5.56 Å². The molecule has 0 amide bonds. The number of carbonyl (C=O) groups is 1. The van der Waals surface area contributed by atoms with E-state index in [-0.39, 0.29) is 0 Å². The summed E-state index contributed by atoms with van der Waals surface area (Å²) in [7, 11) is 0. The molecule has 0 bridgehead atoms. The summed E-state index contributed by atoms with van der Waals surface area (Å²) >= 11 is 5.16. The standard InChI is InChI=1S/C21H17ClO4/c22-21(23)26-20-12-10-19(11-13-20)25-18-8-6-17(7-9-18)24-15-14-16-4-2-1-3-5-16/h1-13H,14-15H2. The van der Waals surface area contributed by atoms with E-state index in [0.29, 0.717) is 23.9 Å². The lowest BCUT2D eigenvalue weighted by Gasteiger charge is -2.09. The predicted molar refractivity (Wildman–Crippen MR) is 100 cm³/mol. The van der Waals surface area contributed by atoms with Crippen LogP contribution in [0.25, 0.3) is 0 Å². The molecule has 0 unspecified atom stereocenters. The molecule has 132 valence electrons. The Morgan fingerprint density at radius 3 is 1.85 bits per heavy atom. The van der Waals surface area contributed by atoms with Crippen LogP contribution in [0.2, 0.25) is 0 Å². The van der Waals surface area contributed by atoms with E-state index in [1.54, 1.807) is 24.3 Å². The first-order valence-electron chi connectivity index (χ1n) is 8.11.